The van der Waals surface area contributed by atoms with E-state index < -0.39 is 0 Å². The van der Waals surface area contributed by atoms with Crippen molar-refractivity contribution >= 4 is 0 Å². The summed E-state index contributed by atoms with van der Waals surface area (Å²) in [6.45, 7) is 1.16. The molecule has 0 rings (SSSR count). The van der Waals surface area contributed by atoms with Crippen LogP contribution in [0.1, 0.15) is 14.9 Å². The molecule has 0 aliphatic carbocycles. The Labute approximate surface area is 153 Å². The SMILES string of the molecule is C.C.C[N-]C[N-]C[N-]C.[Y].[Y].[Y]. The van der Waals surface area contributed by atoms with Crippen LogP contribution < -0.4 is 0 Å². The van der Waals surface area contributed by atoms with Gasteiger partial charge in [-0.1, -0.05) is 14.9 Å². The fourth-order valence-electron chi connectivity index (χ4n) is 0.245. The van der Waals surface area contributed by atoms with E-state index in [4.69, 9.17) is 0 Å². The number of nitrogens with zero attached hydrogens (tertiary/aromatic N) is 3. The Morgan fingerprint density at radius 1 is 0.750 bits per heavy atom. The van der Waals surface area contributed by atoms with E-state index in [0.717, 1.165) is 0 Å². The van der Waals surface area contributed by atoms with E-state index in [1.165, 1.54) is 0 Å². The Balaban J connectivity index is -0.0000000180. The summed E-state index contributed by atoms with van der Waals surface area (Å²) in [6.07, 6.45) is 0. The van der Waals surface area contributed by atoms with Crippen LogP contribution in [0.2, 0.25) is 0 Å². The molecular weight excluding hydrogens is 381 g/mol. The average molecular weight is 399 g/mol. The van der Waals surface area contributed by atoms with Crippen molar-refractivity contribution in [2.75, 3.05) is 27.4 Å². The van der Waals surface area contributed by atoms with Crippen LogP contribution in [0.4, 0.5) is 0 Å². The van der Waals surface area contributed by atoms with Gasteiger partial charge in [0.25, 0.3) is 0 Å². The molecule has 0 aliphatic rings. The van der Waals surface area contributed by atoms with E-state index in [-0.39, 0.29) is 113 Å². The first kappa shape index (κ1) is 36.2. The van der Waals surface area contributed by atoms with Crippen LogP contribution in [0.25, 0.3) is 16.0 Å². The Morgan fingerprint density at radius 3 is 1.17 bits per heavy atom. The van der Waals surface area contributed by atoms with Crippen LogP contribution in [0.5, 0.6) is 0 Å². The summed E-state index contributed by atoms with van der Waals surface area (Å²) in [4.78, 5) is 0. The van der Waals surface area contributed by atoms with Crippen LogP contribution in [-0.4, -0.2) is 27.4 Å². The molecule has 0 amide bonds. The summed E-state index contributed by atoms with van der Waals surface area (Å²) in [5.41, 5.74) is 0. The summed E-state index contributed by atoms with van der Waals surface area (Å²) in [5.74, 6) is 0. The molecule has 3 nitrogen and oxygen atoms in total. The van der Waals surface area contributed by atoms with Gasteiger partial charge in [0.15, 0.2) is 0 Å². The minimum Gasteiger partial charge on any atom is -0.699 e. The monoisotopic (exact) mass is 399 g/mol. The Kier molecular flexibility index (Phi) is 111. The molecule has 0 heterocycles. The van der Waals surface area contributed by atoms with E-state index in [1.54, 1.807) is 14.1 Å². The normalized spacial score (nSPS) is 5.50. The second-order valence-corrected chi connectivity index (χ2v) is 1.14. The third kappa shape index (κ3) is 37.9. The van der Waals surface area contributed by atoms with Gasteiger partial charge < -0.3 is 16.0 Å². The minimum absolute atomic E-state index is 0. The molecule has 0 aromatic heterocycles. The Bertz CT molecular complexity index is 37.2. The second kappa shape index (κ2) is 36.8. The van der Waals surface area contributed by atoms with Gasteiger partial charge in [-0.15, -0.1) is 0 Å². The number of hydrogen-bond donors (Lipinski definition) is 0. The predicted molar refractivity (Wildman–Crippen MR) is 45.1 cm³/mol. The van der Waals surface area contributed by atoms with Gasteiger partial charge in [0, 0.05) is 98.1 Å². The van der Waals surface area contributed by atoms with Crippen LogP contribution in [0, 0.1) is 0 Å². The molecule has 0 spiro atoms. The van der Waals surface area contributed by atoms with Crippen molar-refractivity contribution in [3.05, 3.63) is 16.0 Å². The van der Waals surface area contributed by atoms with Crippen LogP contribution in [-0.2, 0) is 98.1 Å². The Hall–Kier alpha value is 3.19. The standard InChI is InChI=1S/C4H10N3.2CH4.3Y/c1-5-3-7-4-6-2;;;;;/h3-4H2,1-2H3;2*1H4;;;/q-3;;;;;. The van der Waals surface area contributed by atoms with Crippen molar-refractivity contribution in [1.29, 1.82) is 0 Å². The van der Waals surface area contributed by atoms with E-state index in [1.807, 2.05) is 0 Å². The van der Waals surface area contributed by atoms with Gasteiger partial charge in [0.1, 0.15) is 0 Å². The van der Waals surface area contributed by atoms with E-state index in [9.17, 15) is 0 Å². The summed E-state index contributed by atoms with van der Waals surface area (Å²) in [5, 5.41) is 11.4. The molecule has 0 N–H and O–H groups in total. The van der Waals surface area contributed by atoms with Gasteiger partial charge in [-0.3, -0.25) is 13.3 Å². The zero-order valence-electron chi connectivity index (χ0n) is 6.49. The van der Waals surface area contributed by atoms with Gasteiger partial charge in [-0.05, 0) is 0 Å². The number of rotatable bonds is 4. The van der Waals surface area contributed by atoms with Gasteiger partial charge in [0.2, 0.25) is 0 Å². The van der Waals surface area contributed by atoms with Gasteiger partial charge in [0.05, 0.1) is 0 Å². The molecule has 6 heteroatoms. The molecule has 3 radical (unpaired) electrons. The average Bonchev–Trinajstić information content (AvgIpc) is 1.69. The molecule has 0 atom stereocenters. The number of hydrogen-bond acceptors (Lipinski definition) is 0. The van der Waals surface area contributed by atoms with E-state index in [2.05, 4.69) is 16.0 Å². The third-order valence-corrected chi connectivity index (χ3v) is 0.483. The first-order valence-electron chi connectivity index (χ1n) is 2.16. The molecule has 0 aliphatic heterocycles. The fourth-order valence-corrected chi connectivity index (χ4v) is 0.245. The van der Waals surface area contributed by atoms with Crippen molar-refractivity contribution in [3.8, 4) is 0 Å². The van der Waals surface area contributed by atoms with Crippen molar-refractivity contribution in [3.63, 3.8) is 0 Å². The third-order valence-electron chi connectivity index (χ3n) is 0.483. The molecule has 0 aromatic rings. The zero-order valence-corrected chi connectivity index (χ0v) is 15.0. The molecule has 0 bridgehead atoms. The fraction of sp³-hybridized carbons (Fsp3) is 1.00. The first-order valence-corrected chi connectivity index (χ1v) is 2.16. The largest absolute Gasteiger partial charge is 0.699 e. The maximum absolute atomic E-state index is 3.88. The Morgan fingerprint density at radius 2 is 1.00 bits per heavy atom. The summed E-state index contributed by atoms with van der Waals surface area (Å²) < 4.78 is 0. The summed E-state index contributed by atoms with van der Waals surface area (Å²) in [6, 6.07) is 0. The predicted octanol–water partition coefficient (Wildman–Crippen LogP) is 2.55. The van der Waals surface area contributed by atoms with Crippen LogP contribution >= 0.6 is 0 Å². The molecule has 0 aromatic carbocycles. The van der Waals surface area contributed by atoms with Crippen LogP contribution in [0.3, 0.4) is 0 Å². The maximum atomic E-state index is 3.88. The smallest absolute Gasteiger partial charge is 0 e. The van der Waals surface area contributed by atoms with Crippen molar-refractivity contribution in [2.45, 2.75) is 14.9 Å². The quantitative estimate of drug-likeness (QED) is 0.653. The van der Waals surface area contributed by atoms with Crippen molar-refractivity contribution in [2.24, 2.45) is 0 Å². The summed E-state index contributed by atoms with van der Waals surface area (Å²) >= 11 is 0. The molecule has 0 saturated heterocycles. The molecule has 69 valence electrons. The van der Waals surface area contributed by atoms with Crippen molar-refractivity contribution < 1.29 is 98.1 Å². The minimum atomic E-state index is 0. The maximum Gasteiger partial charge on any atom is 0 e. The van der Waals surface area contributed by atoms with Gasteiger partial charge in [-0.25, -0.2) is 0 Å². The molecule has 0 unspecified atom stereocenters. The molecule has 0 saturated carbocycles. The van der Waals surface area contributed by atoms with E-state index >= 15 is 0 Å². The molecule has 12 heavy (non-hydrogen) atoms. The van der Waals surface area contributed by atoms with Crippen LogP contribution in [0.15, 0.2) is 0 Å². The first-order chi connectivity index (χ1) is 3.41. The molecule has 0 fully saturated rings. The summed E-state index contributed by atoms with van der Waals surface area (Å²) in [7, 11) is 3.47. The van der Waals surface area contributed by atoms with Crippen molar-refractivity contribution in [1.82, 2.24) is 0 Å². The van der Waals surface area contributed by atoms with Gasteiger partial charge >= 0.3 is 0 Å². The zero-order chi connectivity index (χ0) is 5.54. The van der Waals surface area contributed by atoms with Gasteiger partial charge in [-0.2, -0.15) is 14.1 Å². The molecular formula is C6H18N3Y3-3. The van der Waals surface area contributed by atoms with E-state index in [0.29, 0.717) is 13.3 Å². The topological polar surface area (TPSA) is 42.3 Å². The second-order valence-electron chi connectivity index (χ2n) is 1.14.